The van der Waals surface area contributed by atoms with E-state index >= 15 is 0 Å². The van der Waals surface area contributed by atoms with Crippen LogP contribution in [0.25, 0.3) is 0 Å². The first-order valence-corrected chi connectivity index (χ1v) is 6.39. The van der Waals surface area contributed by atoms with E-state index in [2.05, 4.69) is 13.8 Å². The molecule has 0 aliphatic carbocycles. The molecule has 0 aliphatic heterocycles. The summed E-state index contributed by atoms with van der Waals surface area (Å²) in [4.78, 5) is 29.3. The summed E-state index contributed by atoms with van der Waals surface area (Å²) in [7, 11) is -4.61. The predicted molar refractivity (Wildman–Crippen MR) is 53.4 cm³/mol. The second-order valence-corrected chi connectivity index (χ2v) is 4.07. The third kappa shape index (κ3) is 51.7. The summed E-state index contributed by atoms with van der Waals surface area (Å²) in [5.74, 6) is 0. The third-order valence-corrected chi connectivity index (χ3v) is 1.35. The van der Waals surface area contributed by atoms with Gasteiger partial charge in [-0.05, 0) is 0 Å². The Labute approximate surface area is 110 Å². The van der Waals surface area contributed by atoms with Gasteiger partial charge in [-0.3, -0.25) is 0 Å². The molecule has 0 radical (unpaired) electrons. The van der Waals surface area contributed by atoms with Crippen molar-refractivity contribution in [2.45, 2.75) is 45.4 Å². The van der Waals surface area contributed by atoms with Crippen molar-refractivity contribution in [1.29, 1.82) is 0 Å². The molecular weight excluding hydrogens is 211 g/mol. The molecular formula is C8H21NaO4Si. The van der Waals surface area contributed by atoms with Gasteiger partial charge in [0, 0.05) is 0 Å². The molecule has 4 N–H and O–H groups in total. The van der Waals surface area contributed by atoms with Gasteiger partial charge in [-0.1, -0.05) is 39.0 Å². The van der Waals surface area contributed by atoms with Crippen LogP contribution in [0.5, 0.6) is 0 Å². The Hall–Kier alpha value is 1.06. The zero-order valence-corrected chi connectivity index (χ0v) is 12.2. The molecule has 0 heterocycles. The van der Waals surface area contributed by atoms with Crippen LogP contribution in [-0.2, 0) is 0 Å². The molecule has 82 valence electrons. The normalized spacial score (nSPS) is 9.86. The molecule has 0 rings (SSSR count). The first-order valence-electron chi connectivity index (χ1n) is 4.60. The molecule has 0 saturated heterocycles. The number of hydrogen-bond acceptors (Lipinski definition) is 4. The maximum absolute atomic E-state index is 7.33. The minimum absolute atomic E-state index is 0. The molecule has 0 aromatic carbocycles. The van der Waals surface area contributed by atoms with Crippen LogP contribution in [0.15, 0.2) is 0 Å². The van der Waals surface area contributed by atoms with Crippen molar-refractivity contribution < 1.29 is 48.7 Å². The second-order valence-electron chi connectivity index (χ2n) is 2.87. The van der Waals surface area contributed by atoms with E-state index < -0.39 is 9.05 Å². The Bertz CT molecular complexity index is 85.8. The monoisotopic (exact) mass is 232 g/mol. The van der Waals surface area contributed by atoms with Gasteiger partial charge in [-0.2, -0.15) is 6.42 Å². The largest absolute Gasteiger partial charge is 1.00 e. The summed E-state index contributed by atoms with van der Waals surface area (Å²) in [6, 6.07) is 0. The quantitative estimate of drug-likeness (QED) is 0.241. The molecule has 6 heteroatoms. The van der Waals surface area contributed by atoms with Gasteiger partial charge in [0.15, 0.2) is 0 Å². The molecule has 0 aromatic heterocycles. The first-order chi connectivity index (χ1) is 5.91. The summed E-state index contributed by atoms with van der Waals surface area (Å²) < 4.78 is 0. The Morgan fingerprint density at radius 3 is 1.57 bits per heavy atom. The second kappa shape index (κ2) is 14.1. The van der Waals surface area contributed by atoms with Gasteiger partial charge < -0.3 is 26.1 Å². The van der Waals surface area contributed by atoms with Gasteiger partial charge in [-0.15, -0.1) is 0 Å². The van der Waals surface area contributed by atoms with E-state index in [9.17, 15) is 0 Å². The fourth-order valence-electron chi connectivity index (χ4n) is 0.780. The van der Waals surface area contributed by atoms with Crippen LogP contribution < -0.4 is 29.6 Å². The van der Waals surface area contributed by atoms with E-state index in [1.165, 1.54) is 32.1 Å². The van der Waals surface area contributed by atoms with Crippen molar-refractivity contribution in [3.8, 4) is 0 Å². The summed E-state index contributed by atoms with van der Waals surface area (Å²) in [6.07, 6.45) is 7.98. The maximum atomic E-state index is 7.33. The molecule has 0 aliphatic rings. The maximum Gasteiger partial charge on any atom is 1.00 e. The standard InChI is InChI=1S/C8H17.Na.H4O4Si/c1-3-5-7-8-6-4-2;;1-5(2,3)4/h1,3-8H2,2H3;;1-4H/q-1;+1;. The fourth-order valence-corrected chi connectivity index (χ4v) is 0.780. The van der Waals surface area contributed by atoms with E-state index in [1.807, 2.05) is 0 Å². The van der Waals surface area contributed by atoms with E-state index in [0.29, 0.717) is 0 Å². The van der Waals surface area contributed by atoms with Crippen LogP contribution in [0.2, 0.25) is 0 Å². The van der Waals surface area contributed by atoms with Crippen molar-refractivity contribution in [2.24, 2.45) is 0 Å². The van der Waals surface area contributed by atoms with Crippen LogP contribution in [0.4, 0.5) is 0 Å². The van der Waals surface area contributed by atoms with Crippen molar-refractivity contribution in [3.63, 3.8) is 0 Å². The molecule has 0 atom stereocenters. The van der Waals surface area contributed by atoms with E-state index in [-0.39, 0.29) is 29.6 Å². The van der Waals surface area contributed by atoms with E-state index in [0.717, 1.165) is 6.42 Å². The molecule has 0 aromatic rings. The molecule has 0 bridgehead atoms. The number of rotatable bonds is 5. The molecule has 0 unspecified atom stereocenters. The number of hydrogen-bond donors (Lipinski definition) is 4. The Morgan fingerprint density at radius 2 is 1.29 bits per heavy atom. The van der Waals surface area contributed by atoms with Gasteiger partial charge in [0.05, 0.1) is 0 Å². The van der Waals surface area contributed by atoms with Gasteiger partial charge in [0.2, 0.25) is 0 Å². The SMILES string of the molecule is O[Si](O)(O)O.[CH2-]CCCCCCC.[Na+]. The molecule has 4 nitrogen and oxygen atoms in total. The zero-order valence-electron chi connectivity index (χ0n) is 9.24. The van der Waals surface area contributed by atoms with Crippen LogP contribution in [0, 0.1) is 6.92 Å². The molecule has 14 heavy (non-hydrogen) atoms. The molecule has 0 spiro atoms. The van der Waals surface area contributed by atoms with Crippen molar-refractivity contribution in [3.05, 3.63) is 6.92 Å². The van der Waals surface area contributed by atoms with E-state index in [1.54, 1.807) is 0 Å². The van der Waals surface area contributed by atoms with Crippen LogP contribution in [0.1, 0.15) is 45.4 Å². The van der Waals surface area contributed by atoms with Crippen LogP contribution in [-0.4, -0.2) is 28.2 Å². The minimum atomic E-state index is -4.61. The minimum Gasteiger partial charge on any atom is -0.368 e. The first kappa shape index (κ1) is 20.5. The fraction of sp³-hybridized carbons (Fsp3) is 0.875. The van der Waals surface area contributed by atoms with Crippen LogP contribution in [0.3, 0.4) is 0 Å². The molecule has 0 fully saturated rings. The summed E-state index contributed by atoms with van der Waals surface area (Å²) in [5, 5.41) is 0. The summed E-state index contributed by atoms with van der Waals surface area (Å²) in [6.45, 7) is 6.02. The Morgan fingerprint density at radius 1 is 0.929 bits per heavy atom. The topological polar surface area (TPSA) is 80.9 Å². The van der Waals surface area contributed by atoms with E-state index in [4.69, 9.17) is 19.2 Å². The average Bonchev–Trinajstić information content (AvgIpc) is 1.95. The third-order valence-electron chi connectivity index (χ3n) is 1.35. The smallest absolute Gasteiger partial charge is 0.368 e. The average molecular weight is 232 g/mol. The van der Waals surface area contributed by atoms with Crippen molar-refractivity contribution in [1.82, 2.24) is 0 Å². The Balaban J connectivity index is -0.000000177. The summed E-state index contributed by atoms with van der Waals surface area (Å²) in [5.41, 5.74) is 0. The predicted octanol–water partition coefficient (Wildman–Crippen LogP) is -2.42. The number of unbranched alkanes of at least 4 members (excludes halogenated alkanes) is 5. The molecule has 0 amide bonds. The van der Waals surface area contributed by atoms with Crippen LogP contribution >= 0.6 is 0 Å². The van der Waals surface area contributed by atoms with Gasteiger partial charge in [0.1, 0.15) is 0 Å². The van der Waals surface area contributed by atoms with Crippen molar-refractivity contribution >= 4 is 9.05 Å². The zero-order chi connectivity index (χ0) is 10.7. The molecule has 0 saturated carbocycles. The van der Waals surface area contributed by atoms with Gasteiger partial charge in [0.25, 0.3) is 0 Å². The summed E-state index contributed by atoms with van der Waals surface area (Å²) >= 11 is 0. The Kier molecular flexibility index (Phi) is 20.5. The van der Waals surface area contributed by atoms with Gasteiger partial charge in [-0.25, -0.2) is 0 Å². The van der Waals surface area contributed by atoms with Crippen molar-refractivity contribution in [2.75, 3.05) is 0 Å². The van der Waals surface area contributed by atoms with Gasteiger partial charge >= 0.3 is 38.6 Å².